The van der Waals surface area contributed by atoms with E-state index >= 15 is 0 Å². The fourth-order valence-corrected chi connectivity index (χ4v) is 4.69. The van der Waals surface area contributed by atoms with Crippen molar-refractivity contribution in [3.05, 3.63) is 48.5 Å². The SMILES string of the molecule is O=C(OCCOCCN1CCCCC1)N1c2ccccc2Sc2ccccc21. The number of benzene rings is 2. The summed E-state index contributed by atoms with van der Waals surface area (Å²) in [6.07, 6.45) is 3.55. The Bertz CT molecular complexity index is 762. The van der Waals surface area contributed by atoms with Crippen LogP contribution in [0.3, 0.4) is 0 Å². The van der Waals surface area contributed by atoms with Crippen LogP contribution in [0.4, 0.5) is 16.2 Å². The number of nitrogens with zero attached hydrogens (tertiary/aromatic N) is 2. The highest BCUT2D eigenvalue weighted by molar-refractivity contribution is 7.99. The van der Waals surface area contributed by atoms with E-state index in [9.17, 15) is 4.79 Å². The van der Waals surface area contributed by atoms with Crippen LogP contribution in [0.1, 0.15) is 19.3 Å². The predicted octanol–water partition coefficient (Wildman–Crippen LogP) is 4.93. The second-order valence-corrected chi connectivity index (χ2v) is 8.09. The van der Waals surface area contributed by atoms with Gasteiger partial charge >= 0.3 is 6.09 Å². The summed E-state index contributed by atoms with van der Waals surface area (Å²) in [4.78, 5) is 19.0. The van der Waals surface area contributed by atoms with Gasteiger partial charge in [-0.3, -0.25) is 0 Å². The van der Waals surface area contributed by atoms with Gasteiger partial charge in [-0.25, -0.2) is 9.69 Å². The van der Waals surface area contributed by atoms with Crippen molar-refractivity contribution in [3.63, 3.8) is 0 Å². The molecular weight excluding hydrogens is 372 g/mol. The quantitative estimate of drug-likeness (QED) is 0.646. The van der Waals surface area contributed by atoms with E-state index in [1.54, 1.807) is 16.7 Å². The van der Waals surface area contributed by atoms with Crippen molar-refractivity contribution in [2.45, 2.75) is 29.1 Å². The molecule has 6 heteroatoms. The number of ether oxygens (including phenoxy) is 2. The Morgan fingerprint density at radius 1 is 0.857 bits per heavy atom. The van der Waals surface area contributed by atoms with Gasteiger partial charge in [0.15, 0.2) is 0 Å². The number of rotatable bonds is 6. The second kappa shape index (κ2) is 9.45. The van der Waals surface area contributed by atoms with Crippen molar-refractivity contribution >= 4 is 29.2 Å². The fourth-order valence-electron chi connectivity index (χ4n) is 3.63. The van der Waals surface area contributed by atoms with Crippen molar-refractivity contribution in [2.24, 2.45) is 0 Å². The Kier molecular flexibility index (Phi) is 6.52. The number of carbonyl (C=O) groups excluding carboxylic acids is 1. The zero-order valence-corrected chi connectivity index (χ0v) is 16.8. The van der Waals surface area contributed by atoms with Gasteiger partial charge in [0.05, 0.1) is 24.6 Å². The van der Waals surface area contributed by atoms with E-state index in [2.05, 4.69) is 4.90 Å². The van der Waals surface area contributed by atoms with Crippen molar-refractivity contribution in [2.75, 3.05) is 44.4 Å². The summed E-state index contributed by atoms with van der Waals surface area (Å²) in [5, 5.41) is 0. The topological polar surface area (TPSA) is 42.0 Å². The molecule has 2 aliphatic heterocycles. The molecule has 0 aromatic heterocycles. The summed E-state index contributed by atoms with van der Waals surface area (Å²) in [5.74, 6) is 0. The molecule has 0 unspecified atom stereocenters. The minimum Gasteiger partial charge on any atom is -0.446 e. The van der Waals surface area contributed by atoms with Crippen LogP contribution < -0.4 is 4.90 Å². The molecule has 4 rings (SSSR count). The maximum absolute atomic E-state index is 12.8. The minimum absolute atomic E-state index is 0.257. The summed E-state index contributed by atoms with van der Waals surface area (Å²) in [5.41, 5.74) is 1.73. The number of amides is 1. The number of carbonyl (C=O) groups is 1. The van der Waals surface area contributed by atoms with Gasteiger partial charge in [0, 0.05) is 16.3 Å². The largest absolute Gasteiger partial charge is 0.446 e. The van der Waals surface area contributed by atoms with Crippen molar-refractivity contribution < 1.29 is 14.3 Å². The lowest BCUT2D eigenvalue weighted by Crippen LogP contribution is -2.33. The number of hydrogen-bond acceptors (Lipinski definition) is 5. The maximum Gasteiger partial charge on any atom is 0.419 e. The average Bonchev–Trinajstić information content (AvgIpc) is 2.75. The Hall–Kier alpha value is -2.02. The lowest BCUT2D eigenvalue weighted by Gasteiger charge is -2.30. The fraction of sp³-hybridized carbons (Fsp3) is 0.409. The van der Waals surface area contributed by atoms with Gasteiger partial charge in [-0.2, -0.15) is 0 Å². The van der Waals surface area contributed by atoms with E-state index in [1.165, 1.54) is 32.4 Å². The third-order valence-electron chi connectivity index (χ3n) is 5.07. The van der Waals surface area contributed by atoms with Gasteiger partial charge in [0.2, 0.25) is 0 Å². The molecular formula is C22H26N2O3S. The summed E-state index contributed by atoms with van der Waals surface area (Å²) >= 11 is 1.67. The summed E-state index contributed by atoms with van der Waals surface area (Å²) in [6.45, 7) is 4.66. The van der Waals surface area contributed by atoms with Gasteiger partial charge in [-0.1, -0.05) is 42.4 Å². The highest BCUT2D eigenvalue weighted by atomic mass is 32.2. The summed E-state index contributed by atoms with van der Waals surface area (Å²) in [6, 6.07) is 15.8. The zero-order valence-electron chi connectivity index (χ0n) is 16.0. The molecule has 0 saturated carbocycles. The molecule has 28 heavy (non-hydrogen) atoms. The molecule has 0 radical (unpaired) electrons. The van der Waals surface area contributed by atoms with Crippen LogP contribution in [0, 0.1) is 0 Å². The van der Waals surface area contributed by atoms with Gasteiger partial charge in [-0.15, -0.1) is 0 Å². The normalized spacial score (nSPS) is 16.4. The first-order valence-electron chi connectivity index (χ1n) is 9.96. The first-order valence-corrected chi connectivity index (χ1v) is 10.8. The van der Waals surface area contributed by atoms with E-state index < -0.39 is 0 Å². The molecule has 1 saturated heterocycles. The second-order valence-electron chi connectivity index (χ2n) is 7.00. The standard InChI is InChI=1S/C22H26N2O3S/c25-22(27-17-16-26-15-14-23-12-6-1-7-13-23)24-18-8-2-4-10-20(18)28-21-11-5-3-9-19(21)24/h2-5,8-11H,1,6-7,12-17H2. The first kappa shape index (κ1) is 19.3. The molecule has 5 nitrogen and oxygen atoms in total. The van der Waals surface area contributed by atoms with Crippen LogP contribution >= 0.6 is 11.8 Å². The molecule has 0 N–H and O–H groups in total. The monoisotopic (exact) mass is 398 g/mol. The van der Waals surface area contributed by atoms with Crippen molar-refractivity contribution in [1.82, 2.24) is 4.90 Å². The number of anilines is 2. The Morgan fingerprint density at radius 2 is 1.50 bits per heavy atom. The maximum atomic E-state index is 12.8. The molecule has 2 aromatic carbocycles. The Labute approximate surface area is 170 Å². The third kappa shape index (κ3) is 4.51. The lowest BCUT2D eigenvalue weighted by atomic mass is 10.1. The summed E-state index contributed by atoms with van der Waals surface area (Å²) in [7, 11) is 0. The van der Waals surface area contributed by atoms with E-state index in [-0.39, 0.29) is 12.7 Å². The highest BCUT2D eigenvalue weighted by Gasteiger charge is 2.28. The molecule has 2 aliphatic rings. The number of fused-ring (bicyclic) bond motifs is 2. The van der Waals surface area contributed by atoms with Crippen LogP contribution in [-0.4, -0.2) is 50.4 Å². The van der Waals surface area contributed by atoms with Crippen molar-refractivity contribution in [3.8, 4) is 0 Å². The average molecular weight is 399 g/mol. The first-order chi connectivity index (χ1) is 13.8. The third-order valence-corrected chi connectivity index (χ3v) is 6.20. The molecule has 2 aromatic rings. The van der Waals surface area contributed by atoms with Crippen LogP contribution in [0.15, 0.2) is 58.3 Å². The molecule has 2 heterocycles. The Balaban J connectivity index is 1.30. The lowest BCUT2D eigenvalue weighted by molar-refractivity contribution is 0.0599. The van der Waals surface area contributed by atoms with E-state index in [0.717, 1.165) is 27.7 Å². The van der Waals surface area contributed by atoms with Crippen LogP contribution in [0.25, 0.3) is 0 Å². The molecule has 1 amide bonds. The van der Waals surface area contributed by atoms with Crippen LogP contribution in [0.5, 0.6) is 0 Å². The highest BCUT2D eigenvalue weighted by Crippen LogP contribution is 2.47. The van der Waals surface area contributed by atoms with Crippen molar-refractivity contribution in [1.29, 1.82) is 0 Å². The molecule has 0 aliphatic carbocycles. The smallest absolute Gasteiger partial charge is 0.419 e. The summed E-state index contributed by atoms with van der Waals surface area (Å²) < 4.78 is 11.2. The Morgan fingerprint density at radius 3 is 2.18 bits per heavy atom. The molecule has 148 valence electrons. The van der Waals surface area contributed by atoms with Gasteiger partial charge < -0.3 is 14.4 Å². The number of likely N-dealkylation sites (tertiary alicyclic amines) is 1. The van der Waals surface area contributed by atoms with E-state index in [0.29, 0.717) is 13.2 Å². The van der Waals surface area contributed by atoms with Gasteiger partial charge in [0.25, 0.3) is 0 Å². The van der Waals surface area contributed by atoms with Gasteiger partial charge in [0.1, 0.15) is 6.61 Å². The minimum atomic E-state index is -0.361. The molecule has 1 fully saturated rings. The van der Waals surface area contributed by atoms with Gasteiger partial charge in [-0.05, 0) is 50.2 Å². The molecule has 0 atom stereocenters. The number of hydrogen-bond donors (Lipinski definition) is 0. The number of para-hydroxylation sites is 2. The predicted molar refractivity (Wildman–Crippen MR) is 112 cm³/mol. The van der Waals surface area contributed by atoms with E-state index in [4.69, 9.17) is 9.47 Å². The molecule has 0 bridgehead atoms. The zero-order chi connectivity index (χ0) is 19.2. The van der Waals surface area contributed by atoms with Crippen LogP contribution in [-0.2, 0) is 9.47 Å². The van der Waals surface area contributed by atoms with E-state index in [1.807, 2.05) is 48.5 Å². The number of piperidine rings is 1. The van der Waals surface area contributed by atoms with Crippen LogP contribution in [0.2, 0.25) is 0 Å². The molecule has 0 spiro atoms.